The molecule has 1 saturated heterocycles. The maximum Gasteiger partial charge on any atom is 0.335 e. The molecule has 3 N–H and O–H groups in total. The van der Waals surface area contributed by atoms with E-state index >= 15 is 0 Å². The lowest BCUT2D eigenvalue weighted by molar-refractivity contribution is -0.301. The van der Waals surface area contributed by atoms with E-state index in [1.807, 2.05) is 12.2 Å². The van der Waals surface area contributed by atoms with Gasteiger partial charge in [-0.1, -0.05) is 199 Å². The Kier molecular flexibility index (Phi) is 46.4. The van der Waals surface area contributed by atoms with Gasteiger partial charge in [0.2, 0.25) is 0 Å². The Balaban J connectivity index is 2.78. The molecule has 0 aromatic heterocycles. The zero-order valence-electron chi connectivity index (χ0n) is 47.1. The van der Waals surface area contributed by atoms with Crippen LogP contribution in [0.1, 0.15) is 188 Å². The fourth-order valence-electron chi connectivity index (χ4n) is 7.56. The molecule has 0 bridgehead atoms. The van der Waals surface area contributed by atoms with E-state index < -0.39 is 67.3 Å². The second kappa shape index (κ2) is 51.4. The molecule has 430 valence electrons. The van der Waals surface area contributed by atoms with Crippen molar-refractivity contribution in [2.75, 3.05) is 13.2 Å². The van der Waals surface area contributed by atoms with Gasteiger partial charge in [-0.3, -0.25) is 14.4 Å². The van der Waals surface area contributed by atoms with Crippen molar-refractivity contribution in [1.29, 1.82) is 0 Å². The van der Waals surface area contributed by atoms with Crippen molar-refractivity contribution in [3.05, 3.63) is 146 Å². The Labute approximate surface area is 463 Å². The fraction of sp³-hybridized carbons (Fsp3) is 0.569. The molecule has 6 unspecified atom stereocenters. The van der Waals surface area contributed by atoms with Gasteiger partial charge in [-0.05, 0) is 116 Å². The average Bonchev–Trinajstić information content (AvgIpc) is 3.42. The Hall–Kier alpha value is -5.40. The number of hydrogen-bond donors (Lipinski definition) is 3. The lowest BCUT2D eigenvalue weighted by Gasteiger charge is -2.40. The minimum atomic E-state index is -1.94. The Bertz CT molecular complexity index is 1890. The van der Waals surface area contributed by atoms with Crippen LogP contribution in [0.5, 0.6) is 0 Å². The minimum Gasteiger partial charge on any atom is -0.479 e. The number of aliphatic hydroxyl groups excluding tert-OH is 2. The van der Waals surface area contributed by atoms with Gasteiger partial charge in [-0.15, -0.1) is 0 Å². The van der Waals surface area contributed by atoms with Crippen LogP contribution in [0.25, 0.3) is 0 Å². The maximum atomic E-state index is 13.1. The number of carbonyl (C=O) groups is 4. The number of carboxylic acid groups (broad SMARTS) is 1. The molecule has 0 aromatic rings. The van der Waals surface area contributed by atoms with Gasteiger partial charge < -0.3 is 39.0 Å². The van der Waals surface area contributed by atoms with E-state index in [0.717, 1.165) is 128 Å². The second-order valence-electron chi connectivity index (χ2n) is 18.8. The number of esters is 3. The highest BCUT2D eigenvalue weighted by molar-refractivity contribution is 5.74. The van der Waals surface area contributed by atoms with Crippen LogP contribution in [-0.2, 0) is 42.9 Å². The van der Waals surface area contributed by atoms with Crippen LogP contribution in [0.4, 0.5) is 0 Å². The highest BCUT2D eigenvalue weighted by Gasteiger charge is 2.50. The first-order valence-electron chi connectivity index (χ1n) is 28.8. The molecule has 1 aliphatic heterocycles. The molecule has 1 heterocycles. The van der Waals surface area contributed by atoms with Crippen molar-refractivity contribution < 1.29 is 58.2 Å². The van der Waals surface area contributed by atoms with Crippen LogP contribution in [-0.4, -0.2) is 89.2 Å². The first-order chi connectivity index (χ1) is 37.6. The van der Waals surface area contributed by atoms with Gasteiger partial charge in [0.1, 0.15) is 18.8 Å². The standard InChI is InChI=1S/C65H98O12/c1-4-7-10-13-16-19-22-25-27-28-29-30-32-35-38-41-44-47-50-53-59(68)76-63-61(70)60(69)62(64(71)72)77-65(63)74-55-56(75-58(67)52-49-46-43-40-37-33-24-21-18-15-12-9-6-3)54-73-57(66)51-48-45-42-39-36-34-31-26-23-20-17-14-11-8-5-2/h7-8,10-12,15-17,19-21,24-27,29-31,35-36,38-39,45,48,56,60-63,65,69-70H,4-6,9,13-14,18,22-23,28,32-34,37,40-44,46-47,49-55H2,1-3H3,(H,71,72)/b10-7-,11-8-,15-12-,19-16-,20-17-,24-21-,27-25-,30-29-,31-26-,38-35-,39-36-,48-45+. The molecule has 1 aliphatic rings. The van der Waals surface area contributed by atoms with Gasteiger partial charge in [-0.25, -0.2) is 4.79 Å². The first-order valence-corrected chi connectivity index (χ1v) is 28.8. The maximum absolute atomic E-state index is 13.1. The number of rotatable bonds is 46. The largest absolute Gasteiger partial charge is 0.479 e. The number of carboxylic acids is 1. The van der Waals surface area contributed by atoms with E-state index in [1.165, 1.54) is 0 Å². The number of unbranched alkanes of at least 4 members (excludes halogenated alkanes) is 9. The highest BCUT2D eigenvalue weighted by Crippen LogP contribution is 2.26. The van der Waals surface area contributed by atoms with Gasteiger partial charge in [0, 0.05) is 12.8 Å². The van der Waals surface area contributed by atoms with E-state index in [1.54, 1.807) is 6.08 Å². The summed E-state index contributed by atoms with van der Waals surface area (Å²) in [5.41, 5.74) is 0. The predicted octanol–water partition coefficient (Wildman–Crippen LogP) is 14.8. The van der Waals surface area contributed by atoms with Crippen molar-refractivity contribution in [2.24, 2.45) is 0 Å². The summed E-state index contributed by atoms with van der Waals surface area (Å²) in [4.78, 5) is 51.0. The normalized spacial score (nSPS) is 19.1. The number of hydrogen-bond acceptors (Lipinski definition) is 11. The third-order valence-electron chi connectivity index (χ3n) is 11.9. The fourth-order valence-corrected chi connectivity index (χ4v) is 7.56. The molecular weight excluding hydrogens is 973 g/mol. The van der Waals surface area contributed by atoms with Crippen molar-refractivity contribution in [2.45, 2.75) is 225 Å². The van der Waals surface area contributed by atoms with Gasteiger partial charge in [0.25, 0.3) is 0 Å². The van der Waals surface area contributed by atoms with Crippen LogP contribution in [0.2, 0.25) is 0 Å². The van der Waals surface area contributed by atoms with Crippen molar-refractivity contribution >= 4 is 23.9 Å². The van der Waals surface area contributed by atoms with Crippen LogP contribution in [0.15, 0.2) is 146 Å². The predicted molar refractivity (Wildman–Crippen MR) is 312 cm³/mol. The molecular formula is C65H98O12. The second-order valence-corrected chi connectivity index (χ2v) is 18.8. The Morgan fingerprint density at radius 3 is 1.32 bits per heavy atom. The SMILES string of the molecule is CC/C=C\C/C=C\C/C=C\C/C=C\C/C=C\CCCCCC(=O)OC1C(OCC(COC(=O)C/C=C/C/C=C\C/C=C\C/C=C\C/C=C\CC)OC(=O)CCCCCCC/C=C\C/C=C\CCC)OC(C(=O)O)C(O)C1O. The number of allylic oxidation sites excluding steroid dienone is 23. The van der Waals surface area contributed by atoms with Crippen LogP contribution in [0, 0.1) is 0 Å². The summed E-state index contributed by atoms with van der Waals surface area (Å²) in [6.45, 7) is 5.56. The Morgan fingerprint density at radius 2 is 0.857 bits per heavy atom. The molecule has 0 aromatic carbocycles. The smallest absolute Gasteiger partial charge is 0.335 e. The van der Waals surface area contributed by atoms with Gasteiger partial charge in [0.05, 0.1) is 13.0 Å². The number of ether oxygens (including phenoxy) is 5. The monoisotopic (exact) mass is 1070 g/mol. The van der Waals surface area contributed by atoms with Gasteiger partial charge >= 0.3 is 23.9 Å². The van der Waals surface area contributed by atoms with E-state index in [-0.39, 0.29) is 25.9 Å². The first kappa shape index (κ1) is 69.6. The van der Waals surface area contributed by atoms with Crippen LogP contribution < -0.4 is 0 Å². The van der Waals surface area contributed by atoms with E-state index in [0.29, 0.717) is 19.3 Å². The average molecular weight is 1070 g/mol. The molecule has 12 heteroatoms. The van der Waals surface area contributed by atoms with Crippen molar-refractivity contribution in [1.82, 2.24) is 0 Å². The third-order valence-corrected chi connectivity index (χ3v) is 11.9. The zero-order valence-corrected chi connectivity index (χ0v) is 47.1. The molecule has 0 aliphatic carbocycles. The lowest BCUT2D eigenvalue weighted by Crippen LogP contribution is -2.61. The summed E-state index contributed by atoms with van der Waals surface area (Å²) in [6.07, 6.45) is 61.3. The van der Waals surface area contributed by atoms with E-state index in [2.05, 4.69) is 148 Å². The van der Waals surface area contributed by atoms with Crippen LogP contribution >= 0.6 is 0 Å². The molecule has 0 spiro atoms. The van der Waals surface area contributed by atoms with Crippen molar-refractivity contribution in [3.8, 4) is 0 Å². The highest BCUT2D eigenvalue weighted by atomic mass is 16.7. The number of aliphatic hydroxyl groups is 2. The van der Waals surface area contributed by atoms with E-state index in [4.69, 9.17) is 23.7 Å². The topological polar surface area (TPSA) is 175 Å². The minimum absolute atomic E-state index is 0.00218. The molecule has 0 amide bonds. The summed E-state index contributed by atoms with van der Waals surface area (Å²) in [6, 6.07) is 0. The Morgan fingerprint density at radius 1 is 0.455 bits per heavy atom. The molecule has 1 fully saturated rings. The summed E-state index contributed by atoms with van der Waals surface area (Å²) in [5.74, 6) is -3.38. The molecule has 12 nitrogen and oxygen atoms in total. The van der Waals surface area contributed by atoms with E-state index in [9.17, 15) is 34.5 Å². The molecule has 0 radical (unpaired) electrons. The number of aliphatic carboxylic acids is 1. The summed E-state index contributed by atoms with van der Waals surface area (Å²) in [7, 11) is 0. The molecule has 1 rings (SSSR count). The summed E-state index contributed by atoms with van der Waals surface area (Å²) < 4.78 is 28.2. The molecule has 0 saturated carbocycles. The van der Waals surface area contributed by atoms with Gasteiger partial charge in [0.15, 0.2) is 24.6 Å². The quantitative estimate of drug-likeness (QED) is 0.0228. The van der Waals surface area contributed by atoms with Gasteiger partial charge in [-0.2, -0.15) is 0 Å². The zero-order chi connectivity index (χ0) is 56.1. The third kappa shape index (κ3) is 41.4. The van der Waals surface area contributed by atoms with Crippen LogP contribution in [0.3, 0.4) is 0 Å². The molecule has 77 heavy (non-hydrogen) atoms. The number of carbonyl (C=O) groups excluding carboxylic acids is 3. The lowest BCUT2D eigenvalue weighted by atomic mass is 9.98. The molecule has 6 atom stereocenters. The van der Waals surface area contributed by atoms with Crippen molar-refractivity contribution in [3.63, 3.8) is 0 Å². The summed E-state index contributed by atoms with van der Waals surface area (Å²) >= 11 is 0. The summed E-state index contributed by atoms with van der Waals surface area (Å²) in [5, 5.41) is 31.5.